The van der Waals surface area contributed by atoms with E-state index < -0.39 is 11.8 Å². The molecule has 0 bridgehead atoms. The van der Waals surface area contributed by atoms with Crippen molar-refractivity contribution in [3.63, 3.8) is 0 Å². The van der Waals surface area contributed by atoms with E-state index in [-0.39, 0.29) is 17.6 Å². The molecule has 146 valence electrons. The lowest BCUT2D eigenvalue weighted by atomic mass is 9.95. The molecule has 8 heteroatoms. The van der Waals surface area contributed by atoms with Crippen molar-refractivity contribution in [1.29, 1.82) is 0 Å². The number of amides is 3. The highest BCUT2D eigenvalue weighted by molar-refractivity contribution is 6.40. The number of hydrogen-bond donors (Lipinski definition) is 3. The van der Waals surface area contributed by atoms with Crippen molar-refractivity contribution in [3.8, 4) is 0 Å². The van der Waals surface area contributed by atoms with Crippen molar-refractivity contribution in [1.82, 2.24) is 10.7 Å². The van der Waals surface area contributed by atoms with E-state index in [1.165, 1.54) is 18.9 Å². The van der Waals surface area contributed by atoms with Gasteiger partial charge in [0.25, 0.3) is 5.91 Å². The van der Waals surface area contributed by atoms with Crippen LogP contribution in [0.4, 0.5) is 5.69 Å². The minimum Gasteiger partial charge on any atom is -0.463 e. The molecule has 3 amide bonds. The number of para-hydroxylation sites is 1. The first kappa shape index (κ1) is 19.3. The molecule has 1 saturated carbocycles. The summed E-state index contributed by atoms with van der Waals surface area (Å²) in [7, 11) is 0. The maximum atomic E-state index is 12.6. The van der Waals surface area contributed by atoms with Gasteiger partial charge >= 0.3 is 11.8 Å². The molecule has 0 unspecified atom stereocenters. The lowest BCUT2D eigenvalue weighted by Crippen LogP contribution is -2.37. The summed E-state index contributed by atoms with van der Waals surface area (Å²) in [6, 6.07) is 10.0. The average Bonchev–Trinajstić information content (AvgIpc) is 3.22. The molecule has 1 fully saturated rings. The van der Waals surface area contributed by atoms with Crippen LogP contribution in [0.3, 0.4) is 0 Å². The van der Waals surface area contributed by atoms with Gasteiger partial charge in [-0.3, -0.25) is 14.4 Å². The SMILES string of the molecule is O=C(N/N=C/c1ccco1)C(=O)Nc1ccccc1C(=O)NC1CCCCC1. The second-order valence-corrected chi connectivity index (χ2v) is 6.52. The number of rotatable bonds is 5. The Hall–Kier alpha value is -3.42. The summed E-state index contributed by atoms with van der Waals surface area (Å²) in [5.41, 5.74) is 2.70. The predicted molar refractivity (Wildman–Crippen MR) is 104 cm³/mol. The number of nitrogens with zero attached hydrogens (tertiary/aromatic N) is 1. The van der Waals surface area contributed by atoms with Crippen molar-refractivity contribution < 1.29 is 18.8 Å². The van der Waals surface area contributed by atoms with E-state index in [4.69, 9.17) is 4.42 Å². The van der Waals surface area contributed by atoms with E-state index in [9.17, 15) is 14.4 Å². The van der Waals surface area contributed by atoms with Crippen LogP contribution in [-0.2, 0) is 9.59 Å². The van der Waals surface area contributed by atoms with Crippen molar-refractivity contribution >= 4 is 29.6 Å². The summed E-state index contributed by atoms with van der Waals surface area (Å²) < 4.78 is 5.03. The number of benzene rings is 1. The van der Waals surface area contributed by atoms with Gasteiger partial charge in [0, 0.05) is 6.04 Å². The van der Waals surface area contributed by atoms with Crippen LogP contribution < -0.4 is 16.1 Å². The van der Waals surface area contributed by atoms with Crippen LogP contribution in [0.15, 0.2) is 52.2 Å². The van der Waals surface area contributed by atoms with Gasteiger partial charge in [0.1, 0.15) is 5.76 Å². The number of carbonyl (C=O) groups excluding carboxylic acids is 3. The van der Waals surface area contributed by atoms with Crippen LogP contribution in [0.25, 0.3) is 0 Å². The van der Waals surface area contributed by atoms with E-state index in [0.29, 0.717) is 11.3 Å². The van der Waals surface area contributed by atoms with Crippen LogP contribution in [0.5, 0.6) is 0 Å². The number of anilines is 1. The molecule has 1 aromatic heterocycles. The van der Waals surface area contributed by atoms with Gasteiger partial charge in [-0.05, 0) is 37.1 Å². The van der Waals surface area contributed by atoms with E-state index in [1.807, 2.05) is 0 Å². The lowest BCUT2D eigenvalue weighted by Gasteiger charge is -2.23. The zero-order valence-corrected chi connectivity index (χ0v) is 15.3. The molecule has 0 radical (unpaired) electrons. The quantitative estimate of drug-likeness (QED) is 0.419. The van der Waals surface area contributed by atoms with Gasteiger partial charge in [0.15, 0.2) is 0 Å². The summed E-state index contributed by atoms with van der Waals surface area (Å²) in [4.78, 5) is 36.6. The Morgan fingerprint density at radius 1 is 1.00 bits per heavy atom. The monoisotopic (exact) mass is 382 g/mol. The number of nitrogens with one attached hydrogen (secondary N) is 3. The fraction of sp³-hybridized carbons (Fsp3) is 0.300. The zero-order valence-electron chi connectivity index (χ0n) is 15.3. The van der Waals surface area contributed by atoms with Crippen molar-refractivity contribution in [2.45, 2.75) is 38.1 Å². The second-order valence-electron chi connectivity index (χ2n) is 6.52. The Kier molecular flexibility index (Phi) is 6.56. The molecule has 28 heavy (non-hydrogen) atoms. The molecule has 0 spiro atoms. The Morgan fingerprint density at radius 3 is 2.54 bits per heavy atom. The van der Waals surface area contributed by atoms with Gasteiger partial charge in [0.05, 0.1) is 23.7 Å². The molecule has 8 nitrogen and oxygen atoms in total. The largest absolute Gasteiger partial charge is 0.463 e. The number of hydrazone groups is 1. The molecule has 0 atom stereocenters. The third-order valence-corrected chi connectivity index (χ3v) is 4.47. The number of furan rings is 1. The molecular weight excluding hydrogens is 360 g/mol. The van der Waals surface area contributed by atoms with Crippen molar-refractivity contribution in [2.24, 2.45) is 5.10 Å². The fourth-order valence-electron chi connectivity index (χ4n) is 3.05. The molecular formula is C20H22N4O4. The molecule has 1 aliphatic rings. The molecule has 3 N–H and O–H groups in total. The van der Waals surface area contributed by atoms with E-state index in [1.54, 1.807) is 36.4 Å². The lowest BCUT2D eigenvalue weighted by molar-refractivity contribution is -0.136. The minimum atomic E-state index is -0.953. The normalized spacial score (nSPS) is 14.6. The van der Waals surface area contributed by atoms with Crippen LogP contribution in [-0.4, -0.2) is 30.0 Å². The molecule has 1 aliphatic carbocycles. The summed E-state index contributed by atoms with van der Waals surface area (Å²) >= 11 is 0. The molecule has 0 aliphatic heterocycles. The highest BCUT2D eigenvalue weighted by Crippen LogP contribution is 2.20. The molecule has 0 saturated heterocycles. The standard InChI is InChI=1S/C20H22N4O4/c25-18(22-14-7-2-1-3-8-14)16-10-4-5-11-17(16)23-19(26)20(27)24-21-13-15-9-6-12-28-15/h4-6,9-14H,1-3,7-8H2,(H,22,25)(H,23,26)(H,24,27)/b21-13+. The molecule has 1 aromatic carbocycles. The summed E-state index contributed by atoms with van der Waals surface area (Å²) in [5, 5.41) is 9.12. The van der Waals surface area contributed by atoms with E-state index in [2.05, 4.69) is 21.2 Å². The summed E-state index contributed by atoms with van der Waals surface area (Å²) in [6.07, 6.45) is 8.04. The Balaban J connectivity index is 1.59. The minimum absolute atomic E-state index is 0.143. The Bertz CT molecular complexity index is 855. The first-order valence-corrected chi connectivity index (χ1v) is 9.21. The third kappa shape index (κ3) is 5.29. The van der Waals surface area contributed by atoms with Crippen LogP contribution in [0, 0.1) is 0 Å². The van der Waals surface area contributed by atoms with Gasteiger partial charge in [-0.15, -0.1) is 0 Å². The average molecular weight is 382 g/mol. The van der Waals surface area contributed by atoms with Gasteiger partial charge in [-0.2, -0.15) is 5.10 Å². The first-order valence-electron chi connectivity index (χ1n) is 9.21. The first-order chi connectivity index (χ1) is 13.6. The topological polar surface area (TPSA) is 113 Å². The summed E-state index contributed by atoms with van der Waals surface area (Å²) in [5.74, 6) is -1.70. The number of carbonyl (C=O) groups is 3. The maximum Gasteiger partial charge on any atom is 0.329 e. The zero-order chi connectivity index (χ0) is 19.8. The smallest absolute Gasteiger partial charge is 0.329 e. The molecule has 3 rings (SSSR count). The maximum absolute atomic E-state index is 12.6. The Morgan fingerprint density at radius 2 is 1.79 bits per heavy atom. The van der Waals surface area contributed by atoms with Crippen LogP contribution in [0.2, 0.25) is 0 Å². The van der Waals surface area contributed by atoms with Crippen molar-refractivity contribution in [3.05, 3.63) is 54.0 Å². The van der Waals surface area contributed by atoms with Gasteiger partial charge in [-0.1, -0.05) is 31.4 Å². The van der Waals surface area contributed by atoms with Crippen molar-refractivity contribution in [2.75, 3.05) is 5.32 Å². The number of hydrogen-bond acceptors (Lipinski definition) is 5. The highest BCUT2D eigenvalue weighted by atomic mass is 16.3. The van der Waals surface area contributed by atoms with Gasteiger partial charge < -0.3 is 15.1 Å². The van der Waals surface area contributed by atoms with Gasteiger partial charge in [0.2, 0.25) is 0 Å². The predicted octanol–water partition coefficient (Wildman–Crippen LogP) is 2.43. The Labute approximate surface area is 162 Å². The van der Waals surface area contributed by atoms with E-state index in [0.717, 1.165) is 25.7 Å². The van der Waals surface area contributed by atoms with Crippen LogP contribution >= 0.6 is 0 Å². The third-order valence-electron chi connectivity index (χ3n) is 4.47. The van der Waals surface area contributed by atoms with E-state index >= 15 is 0 Å². The fourth-order valence-corrected chi connectivity index (χ4v) is 3.05. The van der Waals surface area contributed by atoms with Gasteiger partial charge in [-0.25, -0.2) is 5.43 Å². The second kappa shape index (κ2) is 9.50. The molecule has 1 heterocycles. The molecule has 2 aromatic rings. The summed E-state index contributed by atoms with van der Waals surface area (Å²) in [6.45, 7) is 0. The highest BCUT2D eigenvalue weighted by Gasteiger charge is 2.20. The van der Waals surface area contributed by atoms with Crippen LogP contribution in [0.1, 0.15) is 48.2 Å².